The number of carbonyl (C=O) groups excluding carboxylic acids is 1. The molecule has 3 aromatic rings. The standard InChI is InChI=1S/C19H16N2O3S/c1-12-6-7-25-18(12)10-20-21-19(22)17-11-23-15-8-13-4-2-3-5-14(13)9-16(15)24-17/h2-10,17H,11H2,1H3,(H,21,22). The van der Waals surface area contributed by atoms with Gasteiger partial charge in [-0.2, -0.15) is 5.10 Å². The Bertz CT molecular complexity index is 964. The van der Waals surface area contributed by atoms with Crippen molar-refractivity contribution < 1.29 is 14.3 Å². The van der Waals surface area contributed by atoms with Crippen molar-refractivity contribution in [3.05, 3.63) is 58.3 Å². The molecular formula is C19H16N2O3S. The van der Waals surface area contributed by atoms with Gasteiger partial charge in [0.05, 0.1) is 6.21 Å². The van der Waals surface area contributed by atoms with E-state index in [1.807, 2.05) is 54.8 Å². The summed E-state index contributed by atoms with van der Waals surface area (Å²) in [5.74, 6) is 0.896. The molecule has 1 amide bonds. The second-order valence-corrected chi connectivity index (χ2v) is 6.71. The minimum atomic E-state index is -0.727. The summed E-state index contributed by atoms with van der Waals surface area (Å²) in [5, 5.41) is 8.10. The van der Waals surface area contributed by atoms with Crippen LogP contribution < -0.4 is 14.9 Å². The molecule has 6 heteroatoms. The lowest BCUT2D eigenvalue weighted by atomic mass is 10.1. The van der Waals surface area contributed by atoms with Crippen molar-refractivity contribution in [2.24, 2.45) is 5.10 Å². The summed E-state index contributed by atoms with van der Waals surface area (Å²) in [4.78, 5) is 13.3. The van der Waals surface area contributed by atoms with Crippen molar-refractivity contribution in [3.63, 3.8) is 0 Å². The number of hydrazone groups is 1. The van der Waals surface area contributed by atoms with Crippen molar-refractivity contribution in [2.75, 3.05) is 6.61 Å². The first-order chi connectivity index (χ1) is 12.2. The molecule has 0 radical (unpaired) electrons. The van der Waals surface area contributed by atoms with E-state index in [2.05, 4.69) is 10.5 Å². The largest absolute Gasteiger partial charge is 0.485 e. The Kier molecular flexibility index (Phi) is 4.11. The van der Waals surface area contributed by atoms with E-state index in [0.717, 1.165) is 21.2 Å². The first-order valence-corrected chi connectivity index (χ1v) is 8.78. The molecule has 1 aromatic heterocycles. The number of fused-ring (bicyclic) bond motifs is 2. The van der Waals surface area contributed by atoms with E-state index >= 15 is 0 Å². The van der Waals surface area contributed by atoms with Gasteiger partial charge < -0.3 is 9.47 Å². The molecule has 1 unspecified atom stereocenters. The number of carbonyl (C=O) groups is 1. The van der Waals surface area contributed by atoms with E-state index in [0.29, 0.717) is 11.5 Å². The van der Waals surface area contributed by atoms with Crippen LogP contribution in [0.3, 0.4) is 0 Å². The van der Waals surface area contributed by atoms with Crippen molar-refractivity contribution in [2.45, 2.75) is 13.0 Å². The Hall–Kier alpha value is -2.86. The first kappa shape index (κ1) is 15.7. The zero-order valence-corrected chi connectivity index (χ0v) is 14.4. The molecule has 0 saturated carbocycles. The summed E-state index contributed by atoms with van der Waals surface area (Å²) >= 11 is 1.57. The lowest BCUT2D eigenvalue weighted by Crippen LogP contribution is -2.42. The second-order valence-electron chi connectivity index (χ2n) is 5.77. The number of hydrogen-bond donors (Lipinski definition) is 1. The maximum atomic E-state index is 12.3. The first-order valence-electron chi connectivity index (χ1n) is 7.90. The van der Waals surface area contributed by atoms with E-state index in [9.17, 15) is 4.79 Å². The van der Waals surface area contributed by atoms with Crippen LogP contribution in [0.2, 0.25) is 0 Å². The van der Waals surface area contributed by atoms with Crippen LogP contribution in [0.5, 0.6) is 11.5 Å². The molecule has 126 valence electrons. The summed E-state index contributed by atoms with van der Waals surface area (Å²) in [7, 11) is 0. The van der Waals surface area contributed by atoms with Gasteiger partial charge in [-0.15, -0.1) is 11.3 Å². The highest BCUT2D eigenvalue weighted by Crippen LogP contribution is 2.35. The fourth-order valence-corrected chi connectivity index (χ4v) is 3.41. The summed E-state index contributed by atoms with van der Waals surface area (Å²) in [6.45, 7) is 2.16. The third kappa shape index (κ3) is 3.21. The van der Waals surface area contributed by atoms with Crippen LogP contribution in [0.15, 0.2) is 52.9 Å². The van der Waals surface area contributed by atoms with Gasteiger partial charge in [0.2, 0.25) is 6.10 Å². The predicted molar refractivity (Wildman–Crippen MR) is 98.7 cm³/mol. The molecule has 0 fully saturated rings. The highest BCUT2D eigenvalue weighted by Gasteiger charge is 2.27. The molecule has 5 nitrogen and oxygen atoms in total. The molecule has 25 heavy (non-hydrogen) atoms. The second kappa shape index (κ2) is 6.57. The average Bonchev–Trinajstić information content (AvgIpc) is 3.04. The quantitative estimate of drug-likeness (QED) is 0.580. The highest BCUT2D eigenvalue weighted by atomic mass is 32.1. The van der Waals surface area contributed by atoms with Gasteiger partial charge in [-0.1, -0.05) is 24.3 Å². The molecule has 0 saturated heterocycles. The maximum Gasteiger partial charge on any atom is 0.284 e. The molecule has 1 aliphatic heterocycles. The van der Waals surface area contributed by atoms with Gasteiger partial charge >= 0.3 is 0 Å². The SMILES string of the molecule is Cc1ccsc1C=NNC(=O)C1COc2cc3ccccc3cc2O1. The summed E-state index contributed by atoms with van der Waals surface area (Å²) in [6.07, 6.45) is 0.915. The number of ether oxygens (including phenoxy) is 2. The van der Waals surface area contributed by atoms with Gasteiger partial charge in [-0.05, 0) is 46.8 Å². The van der Waals surface area contributed by atoms with Crippen LogP contribution >= 0.6 is 11.3 Å². The molecule has 0 aliphatic carbocycles. The average molecular weight is 352 g/mol. The van der Waals surface area contributed by atoms with Crippen LogP contribution in [0.25, 0.3) is 10.8 Å². The minimum absolute atomic E-state index is 0.157. The summed E-state index contributed by atoms with van der Waals surface area (Å²) < 4.78 is 11.5. The van der Waals surface area contributed by atoms with Crippen LogP contribution in [-0.4, -0.2) is 24.8 Å². The van der Waals surface area contributed by atoms with E-state index < -0.39 is 6.10 Å². The van der Waals surface area contributed by atoms with Gasteiger partial charge in [0.15, 0.2) is 11.5 Å². The van der Waals surface area contributed by atoms with Crippen molar-refractivity contribution >= 4 is 34.2 Å². The molecule has 4 rings (SSSR count). The smallest absolute Gasteiger partial charge is 0.284 e. The Morgan fingerprint density at radius 1 is 1.24 bits per heavy atom. The van der Waals surface area contributed by atoms with Crippen molar-refractivity contribution in [1.82, 2.24) is 5.43 Å². The number of benzene rings is 2. The number of nitrogens with zero attached hydrogens (tertiary/aromatic N) is 1. The number of rotatable bonds is 3. The van der Waals surface area contributed by atoms with Crippen molar-refractivity contribution in [3.8, 4) is 11.5 Å². The Balaban J connectivity index is 1.46. The number of nitrogens with one attached hydrogen (secondary N) is 1. The Morgan fingerprint density at radius 2 is 2.00 bits per heavy atom. The number of hydrogen-bond acceptors (Lipinski definition) is 5. The Labute approximate surface area is 148 Å². The van der Waals surface area contributed by atoms with Gasteiger partial charge in [0.25, 0.3) is 5.91 Å². The number of amides is 1. The van der Waals surface area contributed by atoms with E-state index in [4.69, 9.17) is 9.47 Å². The predicted octanol–water partition coefficient (Wildman–Crippen LogP) is 3.50. The molecule has 2 heterocycles. The van der Waals surface area contributed by atoms with Crippen LogP contribution in [0, 0.1) is 6.92 Å². The van der Waals surface area contributed by atoms with Gasteiger partial charge in [-0.25, -0.2) is 5.43 Å². The fraction of sp³-hybridized carbons (Fsp3) is 0.158. The molecule has 0 bridgehead atoms. The molecular weight excluding hydrogens is 336 g/mol. The molecule has 1 aliphatic rings. The molecule has 2 aromatic carbocycles. The van der Waals surface area contributed by atoms with E-state index in [1.54, 1.807) is 17.6 Å². The van der Waals surface area contributed by atoms with Crippen molar-refractivity contribution in [1.29, 1.82) is 0 Å². The summed E-state index contributed by atoms with van der Waals surface area (Å²) in [5.41, 5.74) is 3.64. The zero-order chi connectivity index (χ0) is 17.2. The van der Waals surface area contributed by atoms with Gasteiger partial charge in [0.1, 0.15) is 6.61 Å². The lowest BCUT2D eigenvalue weighted by Gasteiger charge is -2.25. The number of aryl methyl sites for hydroxylation is 1. The molecule has 1 N–H and O–H groups in total. The fourth-order valence-electron chi connectivity index (χ4n) is 2.63. The maximum absolute atomic E-state index is 12.3. The third-order valence-corrected chi connectivity index (χ3v) is 4.98. The normalized spacial score (nSPS) is 16.3. The minimum Gasteiger partial charge on any atom is -0.485 e. The monoisotopic (exact) mass is 352 g/mol. The Morgan fingerprint density at radius 3 is 2.72 bits per heavy atom. The van der Waals surface area contributed by atoms with Crippen LogP contribution in [-0.2, 0) is 4.79 Å². The molecule has 0 spiro atoms. The van der Waals surface area contributed by atoms with Crippen LogP contribution in [0.4, 0.5) is 0 Å². The van der Waals surface area contributed by atoms with E-state index in [1.165, 1.54) is 0 Å². The zero-order valence-electron chi connectivity index (χ0n) is 13.6. The highest BCUT2D eigenvalue weighted by molar-refractivity contribution is 7.11. The van der Waals surface area contributed by atoms with E-state index in [-0.39, 0.29) is 12.5 Å². The topological polar surface area (TPSA) is 59.9 Å². The third-order valence-electron chi connectivity index (χ3n) is 4.02. The summed E-state index contributed by atoms with van der Waals surface area (Å²) in [6, 6.07) is 13.8. The molecule has 1 atom stereocenters. The lowest BCUT2D eigenvalue weighted by molar-refractivity contribution is -0.130. The van der Waals surface area contributed by atoms with Crippen LogP contribution in [0.1, 0.15) is 10.4 Å². The van der Waals surface area contributed by atoms with Gasteiger partial charge in [0, 0.05) is 4.88 Å². The number of thiophene rings is 1. The van der Waals surface area contributed by atoms with Gasteiger partial charge in [-0.3, -0.25) is 4.79 Å².